The van der Waals surface area contributed by atoms with Crippen molar-refractivity contribution in [1.82, 2.24) is 14.3 Å². The number of amides is 1. The number of hydrogen-bond acceptors (Lipinski definition) is 2. The Kier molecular flexibility index (Phi) is 4.19. The van der Waals surface area contributed by atoms with E-state index in [-0.39, 0.29) is 5.91 Å². The highest BCUT2D eigenvalue weighted by atomic mass is 16.2. The minimum atomic E-state index is 0.113. The SMILES string of the molecule is CCc1nc2ccc(C)cn2c1C(=O)N(C)C1CCCCC1. The molecule has 2 heterocycles. The van der Waals surface area contributed by atoms with Gasteiger partial charge in [-0.05, 0) is 37.8 Å². The number of imidazole rings is 1. The van der Waals surface area contributed by atoms with Gasteiger partial charge in [-0.15, -0.1) is 0 Å². The zero-order chi connectivity index (χ0) is 15.7. The Morgan fingerprint density at radius 1 is 1.32 bits per heavy atom. The van der Waals surface area contributed by atoms with Gasteiger partial charge in [-0.25, -0.2) is 4.98 Å². The lowest BCUT2D eigenvalue weighted by molar-refractivity contribution is 0.0688. The summed E-state index contributed by atoms with van der Waals surface area (Å²) >= 11 is 0. The van der Waals surface area contributed by atoms with E-state index >= 15 is 0 Å². The van der Waals surface area contributed by atoms with Crippen LogP contribution in [0.1, 0.15) is 60.8 Å². The second-order valence-electron chi connectivity index (χ2n) is 6.40. The maximum atomic E-state index is 13.1. The fourth-order valence-corrected chi connectivity index (χ4v) is 3.47. The molecule has 2 aromatic heterocycles. The van der Waals surface area contributed by atoms with E-state index in [0.29, 0.717) is 6.04 Å². The molecular weight excluding hydrogens is 274 g/mol. The van der Waals surface area contributed by atoms with Crippen molar-refractivity contribution in [3.63, 3.8) is 0 Å². The van der Waals surface area contributed by atoms with Gasteiger partial charge in [0.1, 0.15) is 11.3 Å². The zero-order valence-electron chi connectivity index (χ0n) is 13.8. The number of carbonyl (C=O) groups is 1. The van der Waals surface area contributed by atoms with Crippen LogP contribution < -0.4 is 0 Å². The Balaban J connectivity index is 2.00. The van der Waals surface area contributed by atoms with Crippen molar-refractivity contribution in [3.05, 3.63) is 35.3 Å². The van der Waals surface area contributed by atoms with Crippen LogP contribution in [-0.4, -0.2) is 33.3 Å². The molecule has 0 saturated heterocycles. The van der Waals surface area contributed by atoms with E-state index in [2.05, 4.69) is 11.9 Å². The van der Waals surface area contributed by atoms with Gasteiger partial charge in [-0.1, -0.05) is 32.3 Å². The fourth-order valence-electron chi connectivity index (χ4n) is 3.47. The summed E-state index contributed by atoms with van der Waals surface area (Å²) < 4.78 is 1.97. The summed E-state index contributed by atoms with van der Waals surface area (Å²) in [6, 6.07) is 4.41. The molecule has 0 aliphatic heterocycles. The lowest BCUT2D eigenvalue weighted by atomic mass is 9.94. The van der Waals surface area contributed by atoms with Crippen molar-refractivity contribution in [1.29, 1.82) is 0 Å². The third-order valence-corrected chi connectivity index (χ3v) is 4.82. The second-order valence-corrected chi connectivity index (χ2v) is 6.40. The average molecular weight is 299 g/mol. The number of carbonyl (C=O) groups excluding carboxylic acids is 1. The molecule has 0 unspecified atom stereocenters. The summed E-state index contributed by atoms with van der Waals surface area (Å²) in [5.74, 6) is 0.113. The van der Waals surface area contributed by atoms with E-state index in [1.807, 2.05) is 41.6 Å². The Labute approximate surface area is 132 Å². The third kappa shape index (κ3) is 2.62. The molecule has 118 valence electrons. The van der Waals surface area contributed by atoms with Crippen molar-refractivity contribution in [2.24, 2.45) is 0 Å². The number of pyridine rings is 1. The normalized spacial score (nSPS) is 16.1. The van der Waals surface area contributed by atoms with Gasteiger partial charge in [0.05, 0.1) is 5.69 Å². The minimum absolute atomic E-state index is 0.113. The van der Waals surface area contributed by atoms with Crippen LogP contribution in [-0.2, 0) is 6.42 Å². The molecule has 22 heavy (non-hydrogen) atoms. The smallest absolute Gasteiger partial charge is 0.272 e. The molecule has 1 aliphatic carbocycles. The van der Waals surface area contributed by atoms with Crippen LogP contribution in [0.2, 0.25) is 0 Å². The van der Waals surface area contributed by atoms with E-state index < -0.39 is 0 Å². The molecular formula is C18H25N3O. The van der Waals surface area contributed by atoms with Gasteiger partial charge in [0.15, 0.2) is 0 Å². The molecule has 4 nitrogen and oxygen atoms in total. The lowest BCUT2D eigenvalue weighted by Crippen LogP contribution is -2.39. The van der Waals surface area contributed by atoms with Crippen LogP contribution in [0.15, 0.2) is 18.3 Å². The first-order valence-corrected chi connectivity index (χ1v) is 8.36. The van der Waals surface area contributed by atoms with Gasteiger partial charge >= 0.3 is 0 Å². The first-order valence-electron chi connectivity index (χ1n) is 8.36. The van der Waals surface area contributed by atoms with Gasteiger partial charge in [0, 0.05) is 19.3 Å². The van der Waals surface area contributed by atoms with Crippen LogP contribution in [0.5, 0.6) is 0 Å². The third-order valence-electron chi connectivity index (χ3n) is 4.82. The van der Waals surface area contributed by atoms with Gasteiger partial charge in [-0.2, -0.15) is 0 Å². The van der Waals surface area contributed by atoms with Crippen molar-refractivity contribution >= 4 is 11.6 Å². The highest BCUT2D eigenvalue weighted by Gasteiger charge is 2.27. The molecule has 3 rings (SSSR count). The number of aryl methyl sites for hydroxylation is 2. The molecule has 2 aromatic rings. The molecule has 0 N–H and O–H groups in total. The molecule has 1 aliphatic rings. The first kappa shape index (κ1) is 15.1. The summed E-state index contributed by atoms with van der Waals surface area (Å²) in [7, 11) is 1.95. The molecule has 0 bridgehead atoms. The molecule has 1 saturated carbocycles. The number of aromatic nitrogens is 2. The van der Waals surface area contributed by atoms with Crippen LogP contribution in [0, 0.1) is 6.92 Å². The Bertz CT molecular complexity index is 683. The van der Waals surface area contributed by atoms with E-state index in [1.54, 1.807) is 0 Å². The Morgan fingerprint density at radius 3 is 2.73 bits per heavy atom. The number of rotatable bonds is 3. The molecule has 1 amide bonds. The number of hydrogen-bond donors (Lipinski definition) is 0. The molecule has 0 radical (unpaired) electrons. The molecule has 0 atom stereocenters. The second kappa shape index (κ2) is 6.11. The largest absolute Gasteiger partial charge is 0.337 e. The van der Waals surface area contributed by atoms with E-state index in [1.165, 1.54) is 19.3 Å². The van der Waals surface area contributed by atoms with E-state index in [9.17, 15) is 4.79 Å². The van der Waals surface area contributed by atoms with Gasteiger partial charge in [0.2, 0.25) is 0 Å². The zero-order valence-corrected chi connectivity index (χ0v) is 13.8. The number of fused-ring (bicyclic) bond motifs is 1. The topological polar surface area (TPSA) is 37.6 Å². The molecule has 1 fully saturated rings. The Morgan fingerprint density at radius 2 is 2.05 bits per heavy atom. The van der Waals surface area contributed by atoms with Crippen molar-refractivity contribution < 1.29 is 4.79 Å². The maximum Gasteiger partial charge on any atom is 0.272 e. The summed E-state index contributed by atoms with van der Waals surface area (Å²) in [4.78, 5) is 19.7. The van der Waals surface area contributed by atoms with Crippen LogP contribution in [0.3, 0.4) is 0 Å². The molecule has 0 spiro atoms. The summed E-state index contributed by atoms with van der Waals surface area (Å²) in [5, 5.41) is 0. The van der Waals surface area contributed by atoms with Gasteiger partial charge in [-0.3, -0.25) is 9.20 Å². The highest BCUT2D eigenvalue weighted by molar-refractivity contribution is 5.94. The minimum Gasteiger partial charge on any atom is -0.337 e. The van der Waals surface area contributed by atoms with Crippen molar-refractivity contribution in [3.8, 4) is 0 Å². The standard InChI is InChI=1S/C18H25N3O/c1-4-15-17(21-12-13(2)10-11-16(21)19-15)18(22)20(3)14-8-6-5-7-9-14/h10-12,14H,4-9H2,1-3H3. The first-order chi connectivity index (χ1) is 10.6. The van der Waals surface area contributed by atoms with Gasteiger partial charge in [0.25, 0.3) is 5.91 Å². The summed E-state index contributed by atoms with van der Waals surface area (Å²) in [6.45, 7) is 4.11. The highest BCUT2D eigenvalue weighted by Crippen LogP contribution is 2.24. The quantitative estimate of drug-likeness (QED) is 0.868. The van der Waals surface area contributed by atoms with E-state index in [4.69, 9.17) is 0 Å². The van der Waals surface area contributed by atoms with Gasteiger partial charge < -0.3 is 4.90 Å². The van der Waals surface area contributed by atoms with Crippen molar-refractivity contribution in [2.75, 3.05) is 7.05 Å². The summed E-state index contributed by atoms with van der Waals surface area (Å²) in [6.07, 6.45) is 8.81. The maximum absolute atomic E-state index is 13.1. The van der Waals surface area contributed by atoms with Crippen molar-refractivity contribution in [2.45, 2.75) is 58.4 Å². The monoisotopic (exact) mass is 299 g/mol. The number of nitrogens with zero attached hydrogens (tertiary/aromatic N) is 3. The average Bonchev–Trinajstić information content (AvgIpc) is 2.92. The molecule has 0 aromatic carbocycles. The van der Waals surface area contributed by atoms with Crippen LogP contribution in [0.25, 0.3) is 5.65 Å². The predicted molar refractivity (Wildman–Crippen MR) is 88.3 cm³/mol. The lowest BCUT2D eigenvalue weighted by Gasteiger charge is -2.31. The van der Waals surface area contributed by atoms with Crippen LogP contribution in [0.4, 0.5) is 0 Å². The fraction of sp³-hybridized carbons (Fsp3) is 0.556. The Hall–Kier alpha value is -1.84. The van der Waals surface area contributed by atoms with E-state index in [0.717, 1.165) is 41.9 Å². The predicted octanol–water partition coefficient (Wildman–Crippen LogP) is 3.61. The summed E-state index contributed by atoms with van der Waals surface area (Å²) in [5.41, 5.74) is 3.65. The van der Waals surface area contributed by atoms with Crippen LogP contribution >= 0.6 is 0 Å². The molecule has 4 heteroatoms.